The molecule has 0 atom stereocenters. The van der Waals surface area contributed by atoms with Gasteiger partial charge in [0.1, 0.15) is 24.2 Å². The number of piperazine rings is 1. The van der Waals surface area contributed by atoms with Crippen LogP contribution in [0.1, 0.15) is 18.1 Å². The Morgan fingerprint density at radius 1 is 1.10 bits per heavy atom. The average Bonchev–Trinajstić information content (AvgIpc) is 3.01. The average molecular weight is 556 g/mol. The molecule has 4 rings (SSSR count). The first kappa shape index (κ1) is 29.4. The highest BCUT2D eigenvalue weighted by atomic mass is 16.5. The number of nitrogens with one attached hydrogen (secondary N) is 3. The van der Waals surface area contributed by atoms with Crippen LogP contribution in [0.25, 0.3) is 0 Å². The van der Waals surface area contributed by atoms with E-state index in [9.17, 15) is 10.1 Å². The Morgan fingerprint density at radius 2 is 1.93 bits per heavy atom. The van der Waals surface area contributed by atoms with Crippen LogP contribution in [0, 0.1) is 11.3 Å². The van der Waals surface area contributed by atoms with Crippen LogP contribution in [0.2, 0.25) is 0 Å². The van der Waals surface area contributed by atoms with E-state index >= 15 is 0 Å². The minimum atomic E-state index is -0.301. The molecule has 1 aliphatic heterocycles. The predicted molar refractivity (Wildman–Crippen MR) is 163 cm³/mol. The lowest BCUT2D eigenvalue weighted by Gasteiger charge is -2.35. The van der Waals surface area contributed by atoms with Crippen LogP contribution in [0.5, 0.6) is 5.75 Å². The number of ether oxygens (including phenoxy) is 2. The van der Waals surface area contributed by atoms with Crippen molar-refractivity contribution in [2.45, 2.75) is 13.5 Å². The maximum Gasteiger partial charge on any atom is 0.247 e. The highest BCUT2D eigenvalue weighted by Gasteiger charge is 2.18. The second kappa shape index (κ2) is 14.7. The number of benzene rings is 2. The Balaban J connectivity index is 1.51. The van der Waals surface area contributed by atoms with Gasteiger partial charge >= 0.3 is 0 Å². The largest absolute Gasteiger partial charge is 0.491 e. The third kappa shape index (κ3) is 8.20. The van der Waals surface area contributed by atoms with Crippen LogP contribution < -0.4 is 25.6 Å². The van der Waals surface area contributed by atoms with E-state index in [0.29, 0.717) is 48.2 Å². The van der Waals surface area contributed by atoms with Crippen LogP contribution in [0.3, 0.4) is 0 Å². The first-order valence-corrected chi connectivity index (χ1v) is 13.7. The zero-order valence-corrected chi connectivity index (χ0v) is 23.7. The zero-order chi connectivity index (χ0) is 29.0. The molecule has 3 aromatic rings. The Kier molecular flexibility index (Phi) is 10.5. The van der Waals surface area contributed by atoms with Gasteiger partial charge in [-0.15, -0.1) is 0 Å². The smallest absolute Gasteiger partial charge is 0.247 e. The molecule has 0 aliphatic carbocycles. The topological polar surface area (TPSA) is 115 Å². The second-order valence-corrected chi connectivity index (χ2v) is 9.54. The second-order valence-electron chi connectivity index (χ2n) is 9.54. The van der Waals surface area contributed by atoms with Gasteiger partial charge in [-0.1, -0.05) is 25.6 Å². The van der Waals surface area contributed by atoms with E-state index in [2.05, 4.69) is 50.3 Å². The minimum absolute atomic E-state index is 0.301. The fourth-order valence-electron chi connectivity index (χ4n) is 4.53. The van der Waals surface area contributed by atoms with Crippen molar-refractivity contribution in [3.63, 3.8) is 0 Å². The molecule has 0 spiro atoms. The number of nitrogens with zero attached hydrogens (tertiary/aromatic N) is 4. The van der Waals surface area contributed by atoms with Crippen molar-refractivity contribution in [2.24, 2.45) is 0 Å². The number of amides is 1. The molecule has 0 radical (unpaired) electrons. The van der Waals surface area contributed by atoms with Crippen LogP contribution in [-0.2, 0) is 16.1 Å². The molecule has 1 amide bonds. The SMILES string of the molecule is C=CC(=O)Nc1cc(N2CCN(CC)CC2)ccc1Nc1cc(NCc2cccc(OCCOC)c2)c(C#N)cn1. The van der Waals surface area contributed by atoms with E-state index in [4.69, 9.17) is 9.47 Å². The minimum Gasteiger partial charge on any atom is -0.491 e. The Bertz CT molecular complexity index is 1380. The fraction of sp³-hybridized carbons (Fsp3) is 0.323. The van der Waals surface area contributed by atoms with Gasteiger partial charge in [0, 0.05) is 57.8 Å². The molecule has 3 N–H and O–H groups in total. The molecular formula is C31H37N7O3. The van der Waals surface area contributed by atoms with Crippen LogP contribution in [0.15, 0.2) is 67.4 Å². The molecule has 2 aromatic carbocycles. The first-order valence-electron chi connectivity index (χ1n) is 13.7. The summed E-state index contributed by atoms with van der Waals surface area (Å²) in [5, 5.41) is 19.2. The van der Waals surface area contributed by atoms with Crippen molar-refractivity contribution in [2.75, 3.05) is 73.9 Å². The van der Waals surface area contributed by atoms with E-state index in [1.54, 1.807) is 13.2 Å². The van der Waals surface area contributed by atoms with E-state index in [1.807, 2.05) is 42.5 Å². The lowest BCUT2D eigenvalue weighted by atomic mass is 10.1. The van der Waals surface area contributed by atoms with Crippen molar-refractivity contribution in [3.8, 4) is 11.8 Å². The maximum atomic E-state index is 12.3. The summed E-state index contributed by atoms with van der Waals surface area (Å²) in [4.78, 5) is 21.4. The zero-order valence-electron chi connectivity index (χ0n) is 23.7. The van der Waals surface area contributed by atoms with Gasteiger partial charge in [0.25, 0.3) is 0 Å². The molecule has 0 saturated carbocycles. The van der Waals surface area contributed by atoms with Gasteiger partial charge in [0.2, 0.25) is 5.91 Å². The molecule has 1 aromatic heterocycles. The number of carbonyl (C=O) groups is 1. The monoisotopic (exact) mass is 555 g/mol. The molecule has 214 valence electrons. The molecule has 1 saturated heterocycles. The highest BCUT2D eigenvalue weighted by molar-refractivity contribution is 6.02. The summed E-state index contributed by atoms with van der Waals surface area (Å²) in [5.74, 6) is 0.981. The summed E-state index contributed by atoms with van der Waals surface area (Å²) in [6.45, 7) is 12.1. The van der Waals surface area contributed by atoms with Crippen molar-refractivity contribution >= 4 is 34.5 Å². The first-order chi connectivity index (χ1) is 20.0. The number of pyridine rings is 1. The molecule has 2 heterocycles. The Hall–Kier alpha value is -4.59. The summed E-state index contributed by atoms with van der Waals surface area (Å²) < 4.78 is 10.7. The standard InChI is InChI=1S/C31H37N7O3/c1-4-31(39)36-29-18-25(38-13-11-37(5-2)12-14-38)9-10-27(29)35-30-19-28(24(20-32)22-34-30)33-21-23-7-6-8-26(17-23)41-16-15-40-3/h4,6-10,17-19,22H,1,5,11-16,21H2,2-3H3,(H,36,39)(H2,33,34,35). The van der Waals surface area contributed by atoms with Crippen molar-refractivity contribution in [3.05, 3.63) is 78.5 Å². The van der Waals surface area contributed by atoms with Crippen molar-refractivity contribution in [1.29, 1.82) is 5.26 Å². The van der Waals surface area contributed by atoms with Gasteiger partial charge in [0.05, 0.1) is 29.2 Å². The number of anilines is 5. The fourth-order valence-corrected chi connectivity index (χ4v) is 4.53. The highest BCUT2D eigenvalue weighted by Crippen LogP contribution is 2.32. The molecule has 41 heavy (non-hydrogen) atoms. The van der Waals surface area contributed by atoms with Gasteiger partial charge < -0.3 is 35.2 Å². The predicted octanol–water partition coefficient (Wildman–Crippen LogP) is 4.60. The van der Waals surface area contributed by atoms with E-state index in [0.717, 1.165) is 49.7 Å². The van der Waals surface area contributed by atoms with Gasteiger partial charge in [-0.05, 0) is 48.5 Å². The number of hydrogen-bond donors (Lipinski definition) is 3. The summed E-state index contributed by atoms with van der Waals surface area (Å²) in [7, 11) is 1.64. The van der Waals surface area contributed by atoms with Gasteiger partial charge in [-0.25, -0.2) is 4.98 Å². The third-order valence-electron chi connectivity index (χ3n) is 6.86. The van der Waals surface area contributed by atoms with Crippen LogP contribution >= 0.6 is 0 Å². The molecule has 0 bridgehead atoms. The number of nitriles is 1. The number of likely N-dealkylation sites (N-methyl/N-ethyl adjacent to an activating group) is 1. The summed E-state index contributed by atoms with van der Waals surface area (Å²) in [6.07, 6.45) is 2.77. The van der Waals surface area contributed by atoms with Crippen molar-refractivity contribution in [1.82, 2.24) is 9.88 Å². The number of carbonyl (C=O) groups excluding carboxylic acids is 1. The molecule has 1 fully saturated rings. The molecule has 10 nitrogen and oxygen atoms in total. The van der Waals surface area contributed by atoms with E-state index < -0.39 is 0 Å². The van der Waals surface area contributed by atoms with Crippen LogP contribution in [-0.4, -0.2) is 68.8 Å². The molecule has 0 unspecified atom stereocenters. The number of aromatic nitrogens is 1. The lowest BCUT2D eigenvalue weighted by molar-refractivity contribution is -0.111. The van der Waals surface area contributed by atoms with Gasteiger partial charge in [0.15, 0.2) is 0 Å². The molecule has 1 aliphatic rings. The van der Waals surface area contributed by atoms with Crippen LogP contribution in [0.4, 0.5) is 28.6 Å². The molecular weight excluding hydrogens is 518 g/mol. The Morgan fingerprint density at radius 3 is 2.66 bits per heavy atom. The third-order valence-corrected chi connectivity index (χ3v) is 6.86. The quantitative estimate of drug-likeness (QED) is 0.206. The summed E-state index contributed by atoms with van der Waals surface area (Å²) >= 11 is 0. The normalized spacial score (nSPS) is 13.2. The maximum absolute atomic E-state index is 12.3. The molecule has 10 heteroatoms. The van der Waals surface area contributed by atoms with E-state index in [1.165, 1.54) is 12.3 Å². The van der Waals surface area contributed by atoms with E-state index in [-0.39, 0.29) is 5.91 Å². The lowest BCUT2D eigenvalue weighted by Crippen LogP contribution is -2.46. The van der Waals surface area contributed by atoms with Gasteiger partial charge in [-0.2, -0.15) is 5.26 Å². The van der Waals surface area contributed by atoms with Crippen molar-refractivity contribution < 1.29 is 14.3 Å². The van der Waals surface area contributed by atoms with Gasteiger partial charge in [-0.3, -0.25) is 4.79 Å². The summed E-state index contributed by atoms with van der Waals surface area (Å²) in [5.41, 5.74) is 4.40. The summed E-state index contributed by atoms with van der Waals surface area (Å²) in [6, 6.07) is 17.7. The number of methoxy groups -OCH3 is 1. The number of rotatable bonds is 13. The number of hydrogen-bond acceptors (Lipinski definition) is 9. The Labute approximate surface area is 241 Å².